The lowest BCUT2D eigenvalue weighted by Gasteiger charge is -2.40. The molecule has 0 spiro atoms. The Labute approximate surface area is 453 Å². The maximum atomic E-state index is 13.1. The molecule has 1 rings (SSSR count). The number of esters is 3. The normalized spacial score (nSPS) is 18.9. The number of carbonyl (C=O) groups is 4. The Balaban J connectivity index is 2.71. The molecule has 1 heterocycles. The van der Waals surface area contributed by atoms with Gasteiger partial charge in [0.25, 0.3) is 0 Å². The molecule has 426 valence electrons. The van der Waals surface area contributed by atoms with Crippen LogP contribution >= 0.6 is 0 Å². The van der Waals surface area contributed by atoms with E-state index in [9.17, 15) is 34.5 Å². The largest absolute Gasteiger partial charge is 0.479 e. The summed E-state index contributed by atoms with van der Waals surface area (Å²) in [5.41, 5.74) is 0. The Morgan fingerprint density at radius 1 is 0.453 bits per heavy atom. The molecular formula is C63H102O12. The summed E-state index contributed by atoms with van der Waals surface area (Å²) in [5.74, 6) is -3.20. The number of carboxylic acid groups (broad SMARTS) is 1. The van der Waals surface area contributed by atoms with Gasteiger partial charge in [-0.25, -0.2) is 4.79 Å². The first-order chi connectivity index (χ1) is 36.6. The van der Waals surface area contributed by atoms with Crippen LogP contribution in [0, 0.1) is 0 Å². The van der Waals surface area contributed by atoms with Crippen LogP contribution in [0.1, 0.15) is 226 Å². The zero-order chi connectivity index (χ0) is 54.7. The van der Waals surface area contributed by atoms with Crippen LogP contribution in [0.4, 0.5) is 0 Å². The van der Waals surface area contributed by atoms with Crippen molar-refractivity contribution in [1.29, 1.82) is 0 Å². The first-order valence-corrected chi connectivity index (χ1v) is 29.2. The third kappa shape index (κ3) is 40.6. The summed E-state index contributed by atoms with van der Waals surface area (Å²) in [5, 5.41) is 31.4. The van der Waals surface area contributed by atoms with E-state index in [0.717, 1.165) is 141 Å². The van der Waals surface area contributed by atoms with Crippen molar-refractivity contribution in [1.82, 2.24) is 0 Å². The van der Waals surface area contributed by atoms with Crippen LogP contribution in [0.15, 0.2) is 97.2 Å². The van der Waals surface area contributed by atoms with Crippen LogP contribution in [-0.4, -0.2) is 89.2 Å². The summed E-state index contributed by atoms with van der Waals surface area (Å²) >= 11 is 0. The molecule has 3 N–H and O–H groups in total. The van der Waals surface area contributed by atoms with E-state index >= 15 is 0 Å². The summed E-state index contributed by atoms with van der Waals surface area (Å²) in [7, 11) is 0. The van der Waals surface area contributed by atoms with Gasteiger partial charge in [-0.2, -0.15) is 0 Å². The standard InChI is InChI=1S/C63H102O12/c1-4-7-10-13-16-19-22-25-26-27-28-29-30-33-34-37-40-43-46-49-55(64)71-52-54(73-56(65)50-47-44-41-38-35-31-23-20-17-14-11-8-5-2)53-72-63-61(59(68)58(67)60(75-63)62(69)70)74-57(66)51-48-45-42-39-36-32-24-21-18-15-12-9-6-3/h7,9-10,12,16,18-21,23,25-26,28-29,32,36,54,58-61,63,67-68H,4-6,8,11,13-15,17,22,24,27,30-31,33-35,37-53H2,1-3H3,(H,69,70)/b10-7-,12-9-,19-16-,21-18-,23-20-,26-25-,29-28-,36-32-. The van der Waals surface area contributed by atoms with Crippen molar-refractivity contribution in [3.05, 3.63) is 97.2 Å². The van der Waals surface area contributed by atoms with Gasteiger partial charge in [0, 0.05) is 19.3 Å². The number of carbonyl (C=O) groups excluding carboxylic acids is 3. The van der Waals surface area contributed by atoms with Crippen molar-refractivity contribution >= 4 is 23.9 Å². The summed E-state index contributed by atoms with van der Waals surface area (Å²) in [6.07, 6.45) is 53.8. The molecule has 6 unspecified atom stereocenters. The van der Waals surface area contributed by atoms with E-state index in [1.165, 1.54) is 25.7 Å². The average molecular weight is 1050 g/mol. The van der Waals surface area contributed by atoms with Crippen molar-refractivity contribution in [3.63, 3.8) is 0 Å². The Morgan fingerprint density at radius 3 is 1.31 bits per heavy atom. The Kier molecular flexibility index (Phi) is 46.2. The highest BCUT2D eigenvalue weighted by Gasteiger charge is 2.50. The third-order valence-corrected chi connectivity index (χ3v) is 12.6. The number of aliphatic carboxylic acids is 1. The Bertz CT molecular complexity index is 1670. The van der Waals surface area contributed by atoms with Gasteiger partial charge in [0.05, 0.1) is 6.61 Å². The van der Waals surface area contributed by atoms with Crippen molar-refractivity contribution < 1.29 is 58.2 Å². The third-order valence-electron chi connectivity index (χ3n) is 12.6. The van der Waals surface area contributed by atoms with Crippen LogP contribution in [0.5, 0.6) is 0 Å². The fraction of sp³-hybridized carbons (Fsp3) is 0.683. The van der Waals surface area contributed by atoms with Gasteiger partial charge < -0.3 is 39.0 Å². The van der Waals surface area contributed by atoms with Gasteiger partial charge in [-0.3, -0.25) is 14.4 Å². The minimum absolute atomic E-state index is 0.0191. The van der Waals surface area contributed by atoms with E-state index in [4.69, 9.17) is 23.7 Å². The van der Waals surface area contributed by atoms with Gasteiger partial charge in [-0.15, -0.1) is 0 Å². The maximum absolute atomic E-state index is 13.1. The number of allylic oxidation sites excluding steroid dienone is 16. The molecule has 12 heteroatoms. The highest BCUT2D eigenvalue weighted by Crippen LogP contribution is 2.26. The molecule has 1 aliphatic rings. The molecule has 0 saturated carbocycles. The van der Waals surface area contributed by atoms with Crippen molar-refractivity contribution in [3.8, 4) is 0 Å². The van der Waals surface area contributed by atoms with Gasteiger partial charge >= 0.3 is 23.9 Å². The van der Waals surface area contributed by atoms with Crippen molar-refractivity contribution in [2.24, 2.45) is 0 Å². The topological polar surface area (TPSA) is 175 Å². The quantitative estimate of drug-likeness (QED) is 0.0228. The van der Waals surface area contributed by atoms with Gasteiger partial charge in [0.1, 0.15) is 18.8 Å². The van der Waals surface area contributed by atoms with E-state index in [1.54, 1.807) is 0 Å². The summed E-state index contributed by atoms with van der Waals surface area (Å²) in [6, 6.07) is 0. The molecular weight excluding hydrogens is 949 g/mol. The molecule has 1 saturated heterocycles. The molecule has 0 aromatic carbocycles. The second kappa shape index (κ2) is 50.5. The molecule has 75 heavy (non-hydrogen) atoms. The second-order valence-corrected chi connectivity index (χ2v) is 19.5. The van der Waals surface area contributed by atoms with Gasteiger partial charge in [-0.1, -0.05) is 189 Å². The van der Waals surface area contributed by atoms with Crippen molar-refractivity contribution in [2.45, 2.75) is 263 Å². The maximum Gasteiger partial charge on any atom is 0.335 e. The molecule has 6 atom stereocenters. The van der Waals surface area contributed by atoms with E-state index in [1.807, 2.05) is 0 Å². The van der Waals surface area contributed by atoms with Crippen LogP contribution in [0.3, 0.4) is 0 Å². The minimum Gasteiger partial charge on any atom is -0.479 e. The minimum atomic E-state index is -1.92. The number of hydrogen-bond acceptors (Lipinski definition) is 11. The van der Waals surface area contributed by atoms with E-state index < -0.39 is 67.3 Å². The molecule has 1 fully saturated rings. The summed E-state index contributed by atoms with van der Waals surface area (Å²) < 4.78 is 28.4. The number of aliphatic hydroxyl groups is 2. The lowest BCUT2D eigenvalue weighted by molar-refractivity contribution is -0.301. The summed E-state index contributed by atoms with van der Waals surface area (Å²) in [4.78, 5) is 51.1. The van der Waals surface area contributed by atoms with Crippen LogP contribution in [0.2, 0.25) is 0 Å². The van der Waals surface area contributed by atoms with Crippen LogP contribution in [0.25, 0.3) is 0 Å². The fourth-order valence-electron chi connectivity index (χ4n) is 8.19. The Hall–Kier alpha value is -4.36. The smallest absolute Gasteiger partial charge is 0.335 e. The predicted octanol–water partition coefficient (Wildman–Crippen LogP) is 14.9. The number of aliphatic hydroxyl groups excluding tert-OH is 2. The molecule has 0 bridgehead atoms. The highest BCUT2D eigenvalue weighted by atomic mass is 16.7. The van der Waals surface area contributed by atoms with Gasteiger partial charge in [0.15, 0.2) is 24.6 Å². The number of rotatable bonds is 48. The first kappa shape index (κ1) is 68.7. The van der Waals surface area contributed by atoms with Crippen molar-refractivity contribution in [2.75, 3.05) is 13.2 Å². The van der Waals surface area contributed by atoms with Crippen LogP contribution < -0.4 is 0 Å². The fourth-order valence-corrected chi connectivity index (χ4v) is 8.19. The van der Waals surface area contributed by atoms with Gasteiger partial charge in [-0.05, 0) is 116 Å². The van der Waals surface area contributed by atoms with Crippen LogP contribution in [-0.2, 0) is 42.9 Å². The van der Waals surface area contributed by atoms with E-state index in [0.29, 0.717) is 19.3 Å². The van der Waals surface area contributed by atoms with E-state index in [2.05, 4.69) is 118 Å². The first-order valence-electron chi connectivity index (χ1n) is 29.2. The molecule has 0 aromatic heterocycles. The highest BCUT2D eigenvalue weighted by molar-refractivity contribution is 5.74. The number of hydrogen-bond donors (Lipinski definition) is 3. The molecule has 12 nitrogen and oxygen atoms in total. The lowest BCUT2D eigenvalue weighted by atomic mass is 9.98. The molecule has 0 aromatic rings. The summed E-state index contributed by atoms with van der Waals surface area (Å²) in [6.45, 7) is 5.70. The average Bonchev–Trinajstić information content (AvgIpc) is 3.39. The number of ether oxygens (including phenoxy) is 5. The van der Waals surface area contributed by atoms with Gasteiger partial charge in [0.2, 0.25) is 0 Å². The molecule has 1 aliphatic heterocycles. The second-order valence-electron chi connectivity index (χ2n) is 19.5. The van der Waals surface area contributed by atoms with E-state index in [-0.39, 0.29) is 25.9 Å². The Morgan fingerprint density at radius 2 is 0.840 bits per heavy atom. The zero-order valence-corrected chi connectivity index (χ0v) is 46.8. The number of carboxylic acids is 1. The predicted molar refractivity (Wildman–Crippen MR) is 303 cm³/mol. The lowest BCUT2D eigenvalue weighted by Crippen LogP contribution is -2.61. The zero-order valence-electron chi connectivity index (χ0n) is 46.8. The SMILES string of the molecule is CC/C=C\C/C=C\C/C=C\C/C=C\CCCCCCCCC(=O)OCC(COC1OC(C(=O)O)C(O)C(O)C1OC(=O)CCCCC/C=C\C/C=C\C/C=C\CC)OC(=O)CCCCCCC/C=C\CCCCCC. The molecule has 0 aliphatic carbocycles. The monoisotopic (exact) mass is 1050 g/mol. The molecule has 0 radical (unpaired) electrons. The number of unbranched alkanes of at least 4 members (excludes halogenated alkanes) is 18. The molecule has 0 amide bonds.